The first kappa shape index (κ1) is 26.8. The highest BCUT2D eigenvalue weighted by Gasteiger charge is 2.42. The molecule has 1 aromatic carbocycles. The third kappa shape index (κ3) is 11.6. The van der Waals surface area contributed by atoms with Crippen molar-refractivity contribution in [1.29, 1.82) is 0 Å². The monoisotopic (exact) mass is 456 g/mol. The van der Waals surface area contributed by atoms with Gasteiger partial charge in [0.05, 0.1) is 11.8 Å². The summed E-state index contributed by atoms with van der Waals surface area (Å²) >= 11 is 0. The molecule has 0 radical (unpaired) electrons. The topological polar surface area (TPSA) is 52.6 Å². The SMILES string of the molecule is CC(C)(C)OC(=O)[C@@H](CCC(F)(F)F)[C@@H](CCC(F)(F)F)C(=O)OCc1ccccc1. The third-order valence-electron chi connectivity index (χ3n) is 4.20. The molecule has 0 aromatic heterocycles. The summed E-state index contributed by atoms with van der Waals surface area (Å²) in [5.74, 6) is -5.80. The van der Waals surface area contributed by atoms with E-state index in [-0.39, 0.29) is 6.61 Å². The molecule has 0 aliphatic carbocycles. The Morgan fingerprint density at radius 1 is 0.806 bits per heavy atom. The molecule has 0 spiro atoms. The minimum Gasteiger partial charge on any atom is -0.461 e. The average molecular weight is 456 g/mol. The van der Waals surface area contributed by atoms with Crippen molar-refractivity contribution in [2.45, 2.75) is 71.0 Å². The molecule has 10 heteroatoms. The van der Waals surface area contributed by atoms with Crippen molar-refractivity contribution in [3.63, 3.8) is 0 Å². The molecule has 0 aliphatic heterocycles. The lowest BCUT2D eigenvalue weighted by Gasteiger charge is -2.29. The van der Waals surface area contributed by atoms with Gasteiger partial charge in [0.1, 0.15) is 12.2 Å². The molecule has 0 bridgehead atoms. The second-order valence-electron chi connectivity index (χ2n) is 8.15. The van der Waals surface area contributed by atoms with Crippen molar-refractivity contribution in [3.05, 3.63) is 35.9 Å². The first-order valence-corrected chi connectivity index (χ1v) is 9.64. The normalized spacial score (nSPS) is 14.6. The van der Waals surface area contributed by atoms with Gasteiger partial charge in [-0.3, -0.25) is 9.59 Å². The number of carbonyl (C=O) groups is 2. The number of esters is 2. The smallest absolute Gasteiger partial charge is 0.389 e. The largest absolute Gasteiger partial charge is 0.461 e. The van der Waals surface area contributed by atoms with Gasteiger partial charge in [-0.05, 0) is 39.2 Å². The third-order valence-corrected chi connectivity index (χ3v) is 4.20. The molecule has 176 valence electrons. The number of benzene rings is 1. The van der Waals surface area contributed by atoms with Gasteiger partial charge in [0.15, 0.2) is 0 Å². The highest BCUT2D eigenvalue weighted by atomic mass is 19.4. The molecule has 0 aliphatic rings. The minimum absolute atomic E-state index is 0.289. The molecule has 2 atom stereocenters. The Bertz CT molecular complexity index is 707. The zero-order chi connectivity index (χ0) is 23.9. The molecule has 0 N–H and O–H groups in total. The quantitative estimate of drug-likeness (QED) is 0.338. The van der Waals surface area contributed by atoms with E-state index < -0.39 is 67.4 Å². The van der Waals surface area contributed by atoms with Gasteiger partial charge >= 0.3 is 24.3 Å². The van der Waals surface area contributed by atoms with Crippen LogP contribution in [-0.2, 0) is 25.7 Å². The first-order chi connectivity index (χ1) is 14.1. The Kier molecular flexibility index (Phi) is 9.38. The standard InChI is InChI=1S/C21H26F6O4/c1-19(2,3)31-18(29)16(10-12-21(25,26)27)15(9-11-20(22,23)24)17(28)30-13-14-7-5-4-6-8-14/h4-8,15-16H,9-13H2,1-3H3/t15-,16+/m1/s1. The highest BCUT2D eigenvalue weighted by Crippen LogP contribution is 2.34. The fraction of sp³-hybridized carbons (Fsp3) is 0.619. The van der Waals surface area contributed by atoms with Crippen LogP contribution in [0.3, 0.4) is 0 Å². The van der Waals surface area contributed by atoms with Crippen LogP contribution in [0.25, 0.3) is 0 Å². The number of carbonyl (C=O) groups excluding carboxylic acids is 2. The summed E-state index contributed by atoms with van der Waals surface area (Å²) in [5, 5.41) is 0. The molecule has 0 heterocycles. The van der Waals surface area contributed by atoms with E-state index in [1.54, 1.807) is 30.3 Å². The maximum atomic E-state index is 12.8. The Balaban J connectivity index is 3.11. The van der Waals surface area contributed by atoms with Gasteiger partial charge in [0.2, 0.25) is 0 Å². The fourth-order valence-electron chi connectivity index (χ4n) is 2.82. The average Bonchev–Trinajstić information content (AvgIpc) is 2.60. The maximum absolute atomic E-state index is 12.8. The lowest BCUT2D eigenvalue weighted by molar-refractivity contribution is -0.176. The van der Waals surface area contributed by atoms with Crippen LogP contribution in [0, 0.1) is 11.8 Å². The molecule has 0 saturated heterocycles. The van der Waals surface area contributed by atoms with E-state index in [1.165, 1.54) is 20.8 Å². The Labute approximate surface area is 176 Å². The van der Waals surface area contributed by atoms with Gasteiger partial charge in [-0.2, -0.15) is 26.3 Å². The molecule has 0 fully saturated rings. The van der Waals surface area contributed by atoms with E-state index in [1.807, 2.05) is 0 Å². The number of rotatable bonds is 9. The van der Waals surface area contributed by atoms with Crippen LogP contribution in [-0.4, -0.2) is 29.9 Å². The summed E-state index contributed by atoms with van der Waals surface area (Å²) in [5.41, 5.74) is -0.565. The molecule has 1 aromatic rings. The van der Waals surface area contributed by atoms with Gasteiger partial charge in [-0.1, -0.05) is 30.3 Å². The zero-order valence-electron chi connectivity index (χ0n) is 17.5. The van der Waals surface area contributed by atoms with E-state index in [4.69, 9.17) is 9.47 Å². The zero-order valence-corrected chi connectivity index (χ0v) is 17.5. The molecule has 0 saturated carbocycles. The van der Waals surface area contributed by atoms with E-state index in [9.17, 15) is 35.9 Å². The van der Waals surface area contributed by atoms with Gasteiger partial charge < -0.3 is 9.47 Å². The fourth-order valence-corrected chi connectivity index (χ4v) is 2.82. The van der Waals surface area contributed by atoms with Crippen LogP contribution in [0.5, 0.6) is 0 Å². The summed E-state index contributed by atoms with van der Waals surface area (Å²) in [7, 11) is 0. The van der Waals surface area contributed by atoms with E-state index >= 15 is 0 Å². The van der Waals surface area contributed by atoms with E-state index in [0.29, 0.717) is 5.56 Å². The van der Waals surface area contributed by atoms with Crippen LogP contribution < -0.4 is 0 Å². The summed E-state index contributed by atoms with van der Waals surface area (Å²) in [6.07, 6.45) is -14.0. The van der Waals surface area contributed by atoms with E-state index in [0.717, 1.165) is 0 Å². The molecule has 31 heavy (non-hydrogen) atoms. The number of alkyl halides is 6. The Morgan fingerprint density at radius 3 is 1.68 bits per heavy atom. The molecule has 4 nitrogen and oxygen atoms in total. The summed E-state index contributed by atoms with van der Waals surface area (Å²) in [6, 6.07) is 8.21. The number of hydrogen-bond donors (Lipinski definition) is 0. The Hall–Kier alpha value is -2.26. The van der Waals surface area contributed by atoms with Crippen LogP contribution >= 0.6 is 0 Å². The number of ether oxygens (including phenoxy) is 2. The van der Waals surface area contributed by atoms with Gasteiger partial charge in [-0.25, -0.2) is 0 Å². The van der Waals surface area contributed by atoms with Gasteiger partial charge in [0, 0.05) is 12.8 Å². The van der Waals surface area contributed by atoms with Gasteiger partial charge in [0.25, 0.3) is 0 Å². The van der Waals surface area contributed by atoms with Crippen molar-refractivity contribution < 1.29 is 45.4 Å². The summed E-state index contributed by atoms with van der Waals surface area (Å²) in [4.78, 5) is 25.1. The van der Waals surface area contributed by atoms with Gasteiger partial charge in [-0.15, -0.1) is 0 Å². The second-order valence-corrected chi connectivity index (χ2v) is 8.15. The maximum Gasteiger partial charge on any atom is 0.389 e. The van der Waals surface area contributed by atoms with Crippen LogP contribution in [0.15, 0.2) is 30.3 Å². The number of hydrogen-bond acceptors (Lipinski definition) is 4. The molecular formula is C21H26F6O4. The van der Waals surface area contributed by atoms with Crippen molar-refractivity contribution in [1.82, 2.24) is 0 Å². The van der Waals surface area contributed by atoms with Crippen molar-refractivity contribution >= 4 is 11.9 Å². The second kappa shape index (κ2) is 10.9. The molecular weight excluding hydrogens is 430 g/mol. The predicted octanol–water partition coefficient (Wildman–Crippen LogP) is 5.99. The summed E-state index contributed by atoms with van der Waals surface area (Å²) < 4.78 is 86.9. The lowest BCUT2D eigenvalue weighted by Crippen LogP contribution is -2.37. The van der Waals surface area contributed by atoms with Crippen LogP contribution in [0.1, 0.15) is 52.0 Å². The lowest BCUT2D eigenvalue weighted by atomic mass is 9.84. The highest BCUT2D eigenvalue weighted by molar-refractivity contribution is 5.82. The van der Waals surface area contributed by atoms with Crippen molar-refractivity contribution in [3.8, 4) is 0 Å². The van der Waals surface area contributed by atoms with E-state index in [2.05, 4.69) is 0 Å². The van der Waals surface area contributed by atoms with Crippen LogP contribution in [0.2, 0.25) is 0 Å². The van der Waals surface area contributed by atoms with Crippen molar-refractivity contribution in [2.24, 2.45) is 11.8 Å². The summed E-state index contributed by atoms with van der Waals surface area (Å²) in [6.45, 7) is 4.10. The van der Waals surface area contributed by atoms with Crippen LogP contribution in [0.4, 0.5) is 26.3 Å². The molecule has 0 unspecified atom stereocenters. The first-order valence-electron chi connectivity index (χ1n) is 9.64. The molecule has 0 amide bonds. The Morgan fingerprint density at radius 2 is 1.26 bits per heavy atom. The van der Waals surface area contributed by atoms with Crippen molar-refractivity contribution in [2.75, 3.05) is 0 Å². The molecule has 1 rings (SSSR count). The number of halogens is 6. The minimum atomic E-state index is -4.67. The predicted molar refractivity (Wildman–Crippen MR) is 99.6 cm³/mol.